The minimum absolute atomic E-state index is 0.308. The molecule has 2 fully saturated rings. The van der Waals surface area contributed by atoms with Crippen LogP contribution in [0.5, 0.6) is 0 Å². The van der Waals surface area contributed by atoms with Crippen LogP contribution in [0.4, 0.5) is 0 Å². The molecule has 130 valence electrons. The molecule has 2 saturated carbocycles. The van der Waals surface area contributed by atoms with Crippen LogP contribution in [-0.4, -0.2) is 6.04 Å². The summed E-state index contributed by atoms with van der Waals surface area (Å²) in [5, 5.41) is 0. The van der Waals surface area contributed by atoms with E-state index in [2.05, 4.69) is 41.5 Å². The maximum Gasteiger partial charge on any atom is 0.0162 e. The highest BCUT2D eigenvalue weighted by Gasteiger charge is 2.57. The van der Waals surface area contributed by atoms with Crippen LogP contribution < -0.4 is 5.73 Å². The minimum atomic E-state index is 0.308. The first-order valence-corrected chi connectivity index (χ1v) is 9.82. The predicted molar refractivity (Wildman–Crippen MR) is 97.9 cm³/mol. The van der Waals surface area contributed by atoms with E-state index in [0.29, 0.717) is 27.7 Å². The number of hydrogen-bond acceptors (Lipinski definition) is 1. The molecule has 2 N–H and O–H groups in total. The zero-order chi connectivity index (χ0) is 16.6. The smallest absolute Gasteiger partial charge is 0.0162 e. The monoisotopic (exact) mass is 307 g/mol. The topological polar surface area (TPSA) is 26.0 Å². The molecular formula is C21H41N. The Balaban J connectivity index is 2.45. The van der Waals surface area contributed by atoms with Crippen LogP contribution in [0.15, 0.2) is 0 Å². The lowest BCUT2D eigenvalue weighted by molar-refractivity contribution is -0.0962. The molecule has 2 rings (SSSR count). The summed E-state index contributed by atoms with van der Waals surface area (Å²) in [5.41, 5.74) is 8.54. The van der Waals surface area contributed by atoms with E-state index in [1.165, 1.54) is 64.2 Å². The second kappa shape index (κ2) is 6.11. The van der Waals surface area contributed by atoms with Gasteiger partial charge in [-0.15, -0.1) is 0 Å². The lowest BCUT2D eigenvalue weighted by Crippen LogP contribution is -2.63. The Bertz CT molecular complexity index is 320. The van der Waals surface area contributed by atoms with E-state index in [0.717, 1.165) is 0 Å². The number of nitrogens with two attached hydrogens (primary N) is 1. The third-order valence-electron chi connectivity index (χ3n) is 7.67. The molecule has 0 saturated heterocycles. The molecule has 2 aliphatic carbocycles. The van der Waals surface area contributed by atoms with Crippen LogP contribution in [0.2, 0.25) is 0 Å². The molecule has 0 heterocycles. The second-order valence-electron chi connectivity index (χ2n) is 10.4. The van der Waals surface area contributed by atoms with E-state index >= 15 is 0 Å². The fourth-order valence-corrected chi connectivity index (χ4v) is 5.95. The summed E-state index contributed by atoms with van der Waals surface area (Å²) in [6, 6.07) is 0.348. The van der Waals surface area contributed by atoms with Gasteiger partial charge < -0.3 is 5.73 Å². The van der Waals surface area contributed by atoms with Crippen molar-refractivity contribution in [2.75, 3.05) is 0 Å². The van der Waals surface area contributed by atoms with Crippen molar-refractivity contribution < 1.29 is 0 Å². The maximum absolute atomic E-state index is 7.27. The van der Waals surface area contributed by atoms with Gasteiger partial charge in [-0.2, -0.15) is 0 Å². The standard InChI is InChI=1S/C21H41N/c1-18(2,3)20(13-9-7-10-14-20)17(22)21(19(4,5)6)15-11-8-12-16-21/h17H,7-16,22H2,1-6H3. The molecule has 0 bridgehead atoms. The van der Waals surface area contributed by atoms with E-state index in [1.54, 1.807) is 0 Å². The van der Waals surface area contributed by atoms with Gasteiger partial charge in [0.1, 0.15) is 0 Å². The SMILES string of the molecule is CC(C)(C)C1(C(N)C2(C(C)(C)C)CCCCC2)CCCCC1. The van der Waals surface area contributed by atoms with Crippen molar-refractivity contribution in [3.05, 3.63) is 0 Å². The van der Waals surface area contributed by atoms with Crippen molar-refractivity contribution in [2.24, 2.45) is 27.4 Å². The second-order valence-corrected chi connectivity index (χ2v) is 10.4. The maximum atomic E-state index is 7.27. The lowest BCUT2D eigenvalue weighted by Gasteiger charge is -2.62. The van der Waals surface area contributed by atoms with E-state index in [1.807, 2.05) is 0 Å². The summed E-state index contributed by atoms with van der Waals surface area (Å²) in [6.07, 6.45) is 13.7. The van der Waals surface area contributed by atoms with Crippen molar-refractivity contribution in [3.8, 4) is 0 Å². The molecule has 0 atom stereocenters. The van der Waals surface area contributed by atoms with Crippen LogP contribution in [0.1, 0.15) is 106 Å². The molecule has 0 radical (unpaired) electrons. The van der Waals surface area contributed by atoms with Crippen molar-refractivity contribution in [1.82, 2.24) is 0 Å². The lowest BCUT2D eigenvalue weighted by atomic mass is 9.45. The van der Waals surface area contributed by atoms with Gasteiger partial charge in [0.2, 0.25) is 0 Å². The molecule has 22 heavy (non-hydrogen) atoms. The van der Waals surface area contributed by atoms with Crippen LogP contribution in [0.25, 0.3) is 0 Å². The third-order valence-corrected chi connectivity index (χ3v) is 7.67. The Morgan fingerprint density at radius 2 is 0.864 bits per heavy atom. The Morgan fingerprint density at radius 1 is 0.591 bits per heavy atom. The quantitative estimate of drug-likeness (QED) is 0.636. The van der Waals surface area contributed by atoms with Crippen molar-refractivity contribution in [2.45, 2.75) is 112 Å². The van der Waals surface area contributed by atoms with Gasteiger partial charge in [0.25, 0.3) is 0 Å². The van der Waals surface area contributed by atoms with Gasteiger partial charge in [-0.25, -0.2) is 0 Å². The number of rotatable bonds is 2. The molecular weight excluding hydrogens is 266 g/mol. The molecule has 0 aromatic heterocycles. The number of hydrogen-bond donors (Lipinski definition) is 1. The van der Waals surface area contributed by atoms with Crippen LogP contribution in [0, 0.1) is 21.7 Å². The molecule has 1 nitrogen and oxygen atoms in total. The normalized spacial score (nSPS) is 26.2. The zero-order valence-electron chi connectivity index (χ0n) is 16.2. The van der Waals surface area contributed by atoms with Gasteiger partial charge in [-0.05, 0) is 47.3 Å². The summed E-state index contributed by atoms with van der Waals surface area (Å²) in [5.74, 6) is 0. The van der Waals surface area contributed by atoms with E-state index in [4.69, 9.17) is 5.73 Å². The first kappa shape index (κ1) is 18.3. The van der Waals surface area contributed by atoms with E-state index in [9.17, 15) is 0 Å². The fourth-order valence-electron chi connectivity index (χ4n) is 5.95. The summed E-state index contributed by atoms with van der Waals surface area (Å²) < 4.78 is 0. The van der Waals surface area contributed by atoms with Crippen molar-refractivity contribution in [1.29, 1.82) is 0 Å². The largest absolute Gasteiger partial charge is 0.327 e. The van der Waals surface area contributed by atoms with Crippen LogP contribution in [-0.2, 0) is 0 Å². The van der Waals surface area contributed by atoms with Crippen LogP contribution >= 0.6 is 0 Å². The molecule has 0 spiro atoms. The van der Waals surface area contributed by atoms with Crippen molar-refractivity contribution >= 4 is 0 Å². The van der Waals surface area contributed by atoms with Crippen molar-refractivity contribution in [3.63, 3.8) is 0 Å². The molecule has 0 amide bonds. The molecule has 2 aliphatic rings. The highest BCUT2D eigenvalue weighted by Crippen LogP contribution is 2.61. The summed E-state index contributed by atoms with van der Waals surface area (Å²) >= 11 is 0. The first-order valence-electron chi connectivity index (χ1n) is 9.82. The first-order chi connectivity index (χ1) is 10.1. The van der Waals surface area contributed by atoms with Gasteiger partial charge in [0, 0.05) is 6.04 Å². The van der Waals surface area contributed by atoms with Gasteiger partial charge in [-0.1, -0.05) is 80.1 Å². The average molecular weight is 308 g/mol. The fraction of sp³-hybridized carbons (Fsp3) is 1.00. The zero-order valence-corrected chi connectivity index (χ0v) is 16.2. The van der Waals surface area contributed by atoms with Gasteiger partial charge in [0.05, 0.1) is 0 Å². The van der Waals surface area contributed by atoms with Gasteiger partial charge in [-0.3, -0.25) is 0 Å². The summed E-state index contributed by atoms with van der Waals surface area (Å²) in [6.45, 7) is 14.7. The Morgan fingerprint density at radius 3 is 1.09 bits per heavy atom. The summed E-state index contributed by atoms with van der Waals surface area (Å²) in [4.78, 5) is 0. The highest BCUT2D eigenvalue weighted by molar-refractivity contribution is 5.10. The van der Waals surface area contributed by atoms with Gasteiger partial charge >= 0.3 is 0 Å². The molecule has 0 unspecified atom stereocenters. The molecule has 0 aromatic carbocycles. The average Bonchev–Trinajstić information content (AvgIpc) is 2.45. The van der Waals surface area contributed by atoms with Crippen LogP contribution in [0.3, 0.4) is 0 Å². The molecule has 0 aliphatic heterocycles. The van der Waals surface area contributed by atoms with Gasteiger partial charge in [0.15, 0.2) is 0 Å². The summed E-state index contributed by atoms with van der Waals surface area (Å²) in [7, 11) is 0. The third kappa shape index (κ3) is 2.87. The minimum Gasteiger partial charge on any atom is -0.327 e. The van der Waals surface area contributed by atoms with E-state index < -0.39 is 0 Å². The predicted octanol–water partition coefficient (Wildman–Crippen LogP) is 6.31. The molecule has 0 aromatic rings. The Hall–Kier alpha value is -0.0400. The van der Waals surface area contributed by atoms with E-state index in [-0.39, 0.29) is 0 Å². The Kier molecular flexibility index (Phi) is 5.09. The Labute approximate surface area is 139 Å². The highest BCUT2D eigenvalue weighted by atomic mass is 14.8. The molecule has 1 heteroatoms.